The predicted molar refractivity (Wildman–Crippen MR) is 68.1 cm³/mol. The topological polar surface area (TPSA) is 17.1 Å². The first-order valence-corrected chi connectivity index (χ1v) is 5.98. The molecule has 0 aliphatic carbocycles. The molecule has 0 saturated heterocycles. The lowest BCUT2D eigenvalue weighted by molar-refractivity contribution is 0.108. The highest BCUT2D eigenvalue weighted by Gasteiger charge is 2.07. The van der Waals surface area contributed by atoms with Crippen LogP contribution in [0.3, 0.4) is 0 Å². The van der Waals surface area contributed by atoms with Gasteiger partial charge in [-0.05, 0) is 48.2 Å². The van der Waals surface area contributed by atoms with Crippen molar-refractivity contribution in [3.63, 3.8) is 0 Å². The Balaban J connectivity index is 2.12. The molecule has 0 aliphatic rings. The molecule has 0 spiro atoms. The summed E-state index contributed by atoms with van der Waals surface area (Å²) < 4.78 is 0. The standard InChI is InChI=1S/C13H9ClOS/c14-11-8-6-10(7-9-11)13(15)16-12-4-2-1-3-5-12/h1-9H. The molecule has 2 rings (SSSR count). The fraction of sp³-hybridized carbons (Fsp3) is 0. The number of carbonyl (C=O) groups excluding carboxylic acids is 1. The summed E-state index contributed by atoms with van der Waals surface area (Å²) in [6.07, 6.45) is 0. The molecule has 16 heavy (non-hydrogen) atoms. The minimum absolute atomic E-state index is 0.0304. The van der Waals surface area contributed by atoms with Gasteiger partial charge >= 0.3 is 0 Å². The van der Waals surface area contributed by atoms with Crippen molar-refractivity contribution in [2.45, 2.75) is 4.90 Å². The van der Waals surface area contributed by atoms with E-state index in [1.807, 2.05) is 30.3 Å². The van der Waals surface area contributed by atoms with Crippen LogP contribution in [0, 0.1) is 0 Å². The Morgan fingerprint density at radius 1 is 0.938 bits per heavy atom. The molecule has 2 aromatic rings. The molecule has 0 heterocycles. The summed E-state index contributed by atoms with van der Waals surface area (Å²) >= 11 is 6.98. The maximum Gasteiger partial charge on any atom is 0.224 e. The van der Waals surface area contributed by atoms with Gasteiger partial charge < -0.3 is 0 Å². The van der Waals surface area contributed by atoms with Crippen LogP contribution in [0.15, 0.2) is 59.5 Å². The van der Waals surface area contributed by atoms with Crippen LogP contribution in [-0.2, 0) is 0 Å². The van der Waals surface area contributed by atoms with Gasteiger partial charge in [-0.1, -0.05) is 29.8 Å². The van der Waals surface area contributed by atoms with Gasteiger partial charge in [0, 0.05) is 15.5 Å². The maximum absolute atomic E-state index is 11.8. The zero-order chi connectivity index (χ0) is 11.4. The van der Waals surface area contributed by atoms with Gasteiger partial charge in [-0.15, -0.1) is 0 Å². The fourth-order valence-electron chi connectivity index (χ4n) is 1.24. The van der Waals surface area contributed by atoms with E-state index in [2.05, 4.69) is 0 Å². The zero-order valence-corrected chi connectivity index (χ0v) is 9.96. The molecule has 0 fully saturated rings. The van der Waals surface area contributed by atoms with Crippen LogP contribution < -0.4 is 0 Å². The minimum atomic E-state index is 0.0304. The van der Waals surface area contributed by atoms with Crippen molar-refractivity contribution in [3.8, 4) is 0 Å². The summed E-state index contributed by atoms with van der Waals surface area (Å²) in [7, 11) is 0. The third-order valence-electron chi connectivity index (χ3n) is 2.03. The van der Waals surface area contributed by atoms with Crippen LogP contribution >= 0.6 is 23.4 Å². The first-order valence-electron chi connectivity index (χ1n) is 4.78. The lowest BCUT2D eigenvalue weighted by atomic mass is 10.2. The Morgan fingerprint density at radius 3 is 2.19 bits per heavy atom. The highest BCUT2D eigenvalue weighted by atomic mass is 35.5. The summed E-state index contributed by atoms with van der Waals surface area (Å²) in [5.74, 6) is 0. The van der Waals surface area contributed by atoms with Crippen molar-refractivity contribution >= 4 is 28.5 Å². The Hall–Kier alpha value is -1.25. The normalized spacial score (nSPS) is 10.1. The van der Waals surface area contributed by atoms with Gasteiger partial charge in [0.15, 0.2) is 0 Å². The Kier molecular flexibility index (Phi) is 3.65. The van der Waals surface area contributed by atoms with Gasteiger partial charge in [0.05, 0.1) is 0 Å². The zero-order valence-electron chi connectivity index (χ0n) is 8.39. The largest absolute Gasteiger partial charge is 0.281 e. The molecular formula is C13H9ClOS. The number of hydrogen-bond acceptors (Lipinski definition) is 2. The Bertz CT molecular complexity index is 479. The third-order valence-corrected chi connectivity index (χ3v) is 3.21. The van der Waals surface area contributed by atoms with Crippen LogP contribution in [0.5, 0.6) is 0 Å². The SMILES string of the molecule is O=C(Sc1ccccc1)c1ccc(Cl)cc1. The van der Waals surface area contributed by atoms with E-state index < -0.39 is 0 Å². The van der Waals surface area contributed by atoms with Crippen LogP contribution in [0.25, 0.3) is 0 Å². The molecule has 0 atom stereocenters. The monoisotopic (exact) mass is 248 g/mol. The third kappa shape index (κ3) is 2.87. The lowest BCUT2D eigenvalue weighted by Gasteiger charge is -2.00. The molecule has 0 radical (unpaired) electrons. The summed E-state index contributed by atoms with van der Waals surface area (Å²) in [4.78, 5) is 12.8. The number of thioether (sulfide) groups is 1. The van der Waals surface area contributed by atoms with Crippen molar-refractivity contribution in [2.75, 3.05) is 0 Å². The smallest absolute Gasteiger partial charge is 0.224 e. The second-order valence-corrected chi connectivity index (χ2v) is 4.69. The fourth-order valence-corrected chi connectivity index (χ4v) is 2.13. The van der Waals surface area contributed by atoms with Crippen LogP contribution in [0.1, 0.15) is 10.4 Å². The molecule has 2 aromatic carbocycles. The van der Waals surface area contributed by atoms with Gasteiger partial charge in [0.1, 0.15) is 0 Å². The van der Waals surface area contributed by atoms with Gasteiger partial charge in [-0.3, -0.25) is 4.79 Å². The number of rotatable bonds is 2. The van der Waals surface area contributed by atoms with Gasteiger partial charge in [-0.25, -0.2) is 0 Å². The van der Waals surface area contributed by atoms with Crippen LogP contribution in [0.4, 0.5) is 0 Å². The van der Waals surface area contributed by atoms with E-state index in [4.69, 9.17) is 11.6 Å². The predicted octanol–water partition coefficient (Wildman–Crippen LogP) is 4.27. The Morgan fingerprint density at radius 2 is 1.56 bits per heavy atom. The van der Waals surface area contributed by atoms with Crippen molar-refractivity contribution in [1.82, 2.24) is 0 Å². The quantitative estimate of drug-likeness (QED) is 0.739. The van der Waals surface area contributed by atoms with E-state index >= 15 is 0 Å². The van der Waals surface area contributed by atoms with E-state index in [0.29, 0.717) is 10.6 Å². The average molecular weight is 249 g/mol. The molecular weight excluding hydrogens is 240 g/mol. The molecule has 0 N–H and O–H groups in total. The van der Waals surface area contributed by atoms with Crippen LogP contribution in [-0.4, -0.2) is 5.12 Å². The summed E-state index contributed by atoms with van der Waals surface area (Å²) in [6.45, 7) is 0. The molecule has 0 unspecified atom stereocenters. The summed E-state index contributed by atoms with van der Waals surface area (Å²) in [5, 5.41) is 0.670. The number of benzene rings is 2. The molecule has 0 aromatic heterocycles. The van der Waals surface area contributed by atoms with Gasteiger partial charge in [0.2, 0.25) is 5.12 Å². The van der Waals surface area contributed by atoms with Crippen molar-refractivity contribution < 1.29 is 4.79 Å². The van der Waals surface area contributed by atoms with Crippen molar-refractivity contribution in [1.29, 1.82) is 0 Å². The summed E-state index contributed by atoms with van der Waals surface area (Å²) in [5.41, 5.74) is 0.665. The summed E-state index contributed by atoms with van der Waals surface area (Å²) in [6, 6.07) is 16.5. The highest BCUT2D eigenvalue weighted by molar-refractivity contribution is 8.14. The van der Waals surface area contributed by atoms with Gasteiger partial charge in [-0.2, -0.15) is 0 Å². The molecule has 80 valence electrons. The van der Waals surface area contributed by atoms with E-state index in [0.717, 1.165) is 4.90 Å². The van der Waals surface area contributed by atoms with E-state index in [-0.39, 0.29) is 5.12 Å². The minimum Gasteiger partial charge on any atom is -0.281 e. The number of halogens is 1. The molecule has 1 nitrogen and oxygen atoms in total. The molecule has 3 heteroatoms. The van der Waals surface area contributed by atoms with Gasteiger partial charge in [0.25, 0.3) is 0 Å². The highest BCUT2D eigenvalue weighted by Crippen LogP contribution is 2.23. The molecule has 0 aliphatic heterocycles. The van der Waals surface area contributed by atoms with E-state index in [1.54, 1.807) is 24.3 Å². The van der Waals surface area contributed by atoms with Crippen molar-refractivity contribution in [2.24, 2.45) is 0 Å². The van der Waals surface area contributed by atoms with E-state index in [1.165, 1.54) is 11.8 Å². The van der Waals surface area contributed by atoms with Crippen molar-refractivity contribution in [3.05, 3.63) is 65.2 Å². The lowest BCUT2D eigenvalue weighted by Crippen LogP contribution is -1.92. The first-order chi connectivity index (χ1) is 7.75. The molecule has 0 amide bonds. The van der Waals surface area contributed by atoms with E-state index in [9.17, 15) is 4.79 Å². The average Bonchev–Trinajstić information content (AvgIpc) is 2.31. The Labute approximate surface area is 103 Å². The van der Waals surface area contributed by atoms with Crippen LogP contribution in [0.2, 0.25) is 5.02 Å². The number of hydrogen-bond donors (Lipinski definition) is 0. The molecule has 0 saturated carbocycles. The maximum atomic E-state index is 11.8. The molecule has 0 bridgehead atoms. The first kappa shape index (κ1) is 11.2. The second kappa shape index (κ2) is 5.19. The second-order valence-electron chi connectivity index (χ2n) is 3.21. The number of carbonyl (C=O) groups is 1.